The van der Waals surface area contributed by atoms with E-state index >= 15 is 0 Å². The van der Waals surface area contributed by atoms with Gasteiger partial charge in [-0.05, 0) is 25.1 Å². The normalized spacial score (nSPS) is 19.2. The highest BCUT2D eigenvalue weighted by Gasteiger charge is 2.43. The van der Waals surface area contributed by atoms with Crippen LogP contribution in [0.15, 0.2) is 51.7 Å². The van der Waals surface area contributed by atoms with E-state index in [0.717, 1.165) is 18.7 Å². The van der Waals surface area contributed by atoms with Gasteiger partial charge in [0.2, 0.25) is 5.76 Å². The zero-order valence-electron chi connectivity index (χ0n) is 17.3. The molecule has 1 saturated heterocycles. The molecule has 1 fully saturated rings. The second-order valence-electron chi connectivity index (χ2n) is 8.05. The molecule has 0 spiro atoms. The van der Waals surface area contributed by atoms with Crippen LogP contribution in [-0.4, -0.2) is 55.1 Å². The lowest BCUT2D eigenvalue weighted by Crippen LogP contribution is -2.42. The van der Waals surface area contributed by atoms with E-state index in [4.69, 9.17) is 9.15 Å². The zero-order chi connectivity index (χ0) is 21.5. The number of aryl methyl sites for hydroxylation is 1. The number of carbonyl (C=O) groups is 1. The summed E-state index contributed by atoms with van der Waals surface area (Å²) in [6, 6.07) is 10.8. The summed E-state index contributed by atoms with van der Waals surface area (Å²) in [6.45, 7) is 5.71. The van der Waals surface area contributed by atoms with E-state index in [0.29, 0.717) is 42.8 Å². The molecule has 2 aromatic carbocycles. The number of carbonyl (C=O) groups excluding carboxylic acids is 1. The lowest BCUT2D eigenvalue weighted by Gasteiger charge is -2.31. The molecule has 0 unspecified atom stereocenters. The van der Waals surface area contributed by atoms with Crippen molar-refractivity contribution >= 4 is 16.9 Å². The summed E-state index contributed by atoms with van der Waals surface area (Å²) in [6.07, 6.45) is 0. The molecule has 160 valence electrons. The van der Waals surface area contributed by atoms with Gasteiger partial charge in [-0.3, -0.25) is 14.5 Å². The molecule has 0 radical (unpaired) electrons. The Labute approximate surface area is 178 Å². The van der Waals surface area contributed by atoms with Crippen molar-refractivity contribution in [2.24, 2.45) is 0 Å². The first-order valence-electron chi connectivity index (χ1n) is 10.5. The van der Waals surface area contributed by atoms with Crippen LogP contribution in [-0.2, 0) is 4.74 Å². The molecule has 7 heteroatoms. The van der Waals surface area contributed by atoms with Gasteiger partial charge in [-0.2, -0.15) is 0 Å². The number of amides is 1. The Morgan fingerprint density at radius 3 is 2.61 bits per heavy atom. The van der Waals surface area contributed by atoms with E-state index in [1.165, 1.54) is 6.07 Å². The van der Waals surface area contributed by atoms with Crippen LogP contribution in [0, 0.1) is 12.7 Å². The van der Waals surface area contributed by atoms with Gasteiger partial charge in [-0.1, -0.05) is 29.8 Å². The summed E-state index contributed by atoms with van der Waals surface area (Å²) < 4.78 is 26.2. The number of morpholine rings is 1. The number of nitrogens with zero attached hydrogens (tertiary/aromatic N) is 2. The van der Waals surface area contributed by atoms with Crippen molar-refractivity contribution in [2.75, 3.05) is 39.4 Å². The van der Waals surface area contributed by atoms with Gasteiger partial charge in [0, 0.05) is 31.7 Å². The predicted octanol–water partition coefficient (Wildman–Crippen LogP) is 3.12. The monoisotopic (exact) mass is 422 g/mol. The highest BCUT2D eigenvalue weighted by atomic mass is 19.1. The van der Waals surface area contributed by atoms with Gasteiger partial charge >= 0.3 is 0 Å². The molecule has 2 aliphatic heterocycles. The third-order valence-corrected chi connectivity index (χ3v) is 6.08. The maximum atomic E-state index is 14.8. The fourth-order valence-electron chi connectivity index (χ4n) is 4.46. The van der Waals surface area contributed by atoms with Gasteiger partial charge in [-0.15, -0.1) is 0 Å². The molecule has 1 aromatic heterocycles. The summed E-state index contributed by atoms with van der Waals surface area (Å²) >= 11 is 0. The maximum absolute atomic E-state index is 14.8. The summed E-state index contributed by atoms with van der Waals surface area (Å²) in [5.41, 5.74) is 1.52. The first-order valence-corrected chi connectivity index (χ1v) is 10.5. The van der Waals surface area contributed by atoms with Crippen LogP contribution in [0.1, 0.15) is 33.3 Å². The number of benzene rings is 2. The number of rotatable bonds is 4. The highest BCUT2D eigenvalue weighted by molar-refractivity contribution is 5.99. The van der Waals surface area contributed by atoms with Crippen LogP contribution in [0.5, 0.6) is 0 Å². The van der Waals surface area contributed by atoms with Crippen LogP contribution < -0.4 is 5.43 Å². The fourth-order valence-corrected chi connectivity index (χ4v) is 4.46. The SMILES string of the molecule is Cc1ccc2oc3c(c(=O)c2c1)[C@H](c1ccccc1F)N(CCN1CCOCC1)C3=O. The number of halogens is 1. The molecule has 1 amide bonds. The molecule has 1 atom stereocenters. The van der Waals surface area contributed by atoms with E-state index in [-0.39, 0.29) is 22.7 Å². The third-order valence-electron chi connectivity index (χ3n) is 6.08. The van der Waals surface area contributed by atoms with Crippen molar-refractivity contribution < 1.29 is 18.3 Å². The van der Waals surface area contributed by atoms with Crippen molar-refractivity contribution in [2.45, 2.75) is 13.0 Å². The first kappa shape index (κ1) is 19.9. The molecular formula is C24H23FN2O4. The van der Waals surface area contributed by atoms with Gasteiger partial charge in [0.05, 0.1) is 30.2 Å². The number of ether oxygens (including phenoxy) is 1. The highest BCUT2D eigenvalue weighted by Crippen LogP contribution is 2.38. The number of fused-ring (bicyclic) bond motifs is 2. The van der Waals surface area contributed by atoms with Gasteiger partial charge in [-0.25, -0.2) is 4.39 Å². The van der Waals surface area contributed by atoms with E-state index < -0.39 is 11.9 Å². The Morgan fingerprint density at radius 2 is 1.84 bits per heavy atom. The molecule has 0 saturated carbocycles. The average Bonchev–Trinajstić information content (AvgIpc) is 3.06. The second-order valence-corrected chi connectivity index (χ2v) is 8.05. The molecule has 0 bridgehead atoms. The summed E-state index contributed by atoms with van der Waals surface area (Å²) in [4.78, 5) is 30.6. The van der Waals surface area contributed by atoms with Gasteiger partial charge < -0.3 is 14.1 Å². The Balaban J connectivity index is 1.63. The molecule has 0 aliphatic carbocycles. The minimum absolute atomic E-state index is 0.0107. The molecule has 3 aromatic rings. The quantitative estimate of drug-likeness (QED) is 0.647. The van der Waals surface area contributed by atoms with Crippen LogP contribution in [0.25, 0.3) is 11.0 Å². The lowest BCUT2D eigenvalue weighted by molar-refractivity contribution is 0.0314. The molecule has 2 aliphatic rings. The topological polar surface area (TPSA) is 63.0 Å². The molecular weight excluding hydrogens is 399 g/mol. The summed E-state index contributed by atoms with van der Waals surface area (Å²) in [5.74, 6) is -0.819. The average molecular weight is 422 g/mol. The molecule has 31 heavy (non-hydrogen) atoms. The van der Waals surface area contributed by atoms with E-state index in [2.05, 4.69) is 4.90 Å². The van der Waals surface area contributed by atoms with E-state index in [9.17, 15) is 14.0 Å². The Bertz CT molecular complexity index is 1220. The number of hydrogen-bond donors (Lipinski definition) is 0. The van der Waals surface area contributed by atoms with Crippen LogP contribution >= 0.6 is 0 Å². The lowest BCUT2D eigenvalue weighted by atomic mass is 9.97. The minimum Gasteiger partial charge on any atom is -0.450 e. The van der Waals surface area contributed by atoms with Crippen molar-refractivity contribution in [1.29, 1.82) is 0 Å². The van der Waals surface area contributed by atoms with Gasteiger partial charge in [0.25, 0.3) is 5.91 Å². The largest absolute Gasteiger partial charge is 0.450 e. The van der Waals surface area contributed by atoms with Crippen molar-refractivity contribution in [1.82, 2.24) is 9.80 Å². The number of hydrogen-bond acceptors (Lipinski definition) is 5. The van der Waals surface area contributed by atoms with E-state index in [1.54, 1.807) is 35.2 Å². The zero-order valence-corrected chi connectivity index (χ0v) is 17.3. The van der Waals surface area contributed by atoms with Crippen molar-refractivity contribution in [3.63, 3.8) is 0 Å². The predicted molar refractivity (Wildman–Crippen MR) is 114 cm³/mol. The second kappa shape index (κ2) is 7.90. The van der Waals surface area contributed by atoms with Crippen molar-refractivity contribution in [3.05, 3.63) is 81.0 Å². The van der Waals surface area contributed by atoms with Gasteiger partial charge in [0.1, 0.15) is 11.4 Å². The fraction of sp³-hybridized carbons (Fsp3) is 0.333. The van der Waals surface area contributed by atoms with Crippen LogP contribution in [0.3, 0.4) is 0 Å². The van der Waals surface area contributed by atoms with Crippen LogP contribution in [0.2, 0.25) is 0 Å². The third kappa shape index (κ3) is 3.43. The van der Waals surface area contributed by atoms with Crippen LogP contribution in [0.4, 0.5) is 4.39 Å². The summed E-state index contributed by atoms with van der Waals surface area (Å²) in [7, 11) is 0. The maximum Gasteiger partial charge on any atom is 0.290 e. The molecule has 5 rings (SSSR count). The molecule has 6 nitrogen and oxygen atoms in total. The summed E-state index contributed by atoms with van der Waals surface area (Å²) in [5, 5.41) is 0.405. The smallest absolute Gasteiger partial charge is 0.290 e. The standard InChI is InChI=1S/C24H23FN2O4/c1-15-6-7-19-17(14-15)22(28)20-21(16-4-2-3-5-18(16)25)27(24(29)23(20)31-19)9-8-26-10-12-30-13-11-26/h2-7,14,21H,8-13H2,1H3/t21-/m0/s1. The van der Waals surface area contributed by atoms with Gasteiger partial charge in [0.15, 0.2) is 5.43 Å². The van der Waals surface area contributed by atoms with Crippen molar-refractivity contribution in [3.8, 4) is 0 Å². The minimum atomic E-state index is -0.814. The Hall–Kier alpha value is -3.03. The first-order chi connectivity index (χ1) is 15.0. The Kier molecular flexibility index (Phi) is 5.08. The van der Waals surface area contributed by atoms with E-state index in [1.807, 2.05) is 13.0 Å². The molecule has 3 heterocycles. The Morgan fingerprint density at radius 1 is 1.06 bits per heavy atom. The molecule has 0 N–H and O–H groups in total.